The molecule has 2 rings (SSSR count). The van der Waals surface area contributed by atoms with Crippen molar-refractivity contribution in [2.24, 2.45) is 0 Å². The van der Waals surface area contributed by atoms with Gasteiger partial charge in [0.1, 0.15) is 11.6 Å². The van der Waals surface area contributed by atoms with Crippen molar-refractivity contribution < 1.29 is 38.3 Å². The van der Waals surface area contributed by atoms with Crippen LogP contribution in [0.15, 0.2) is 6.33 Å². The Morgan fingerprint density at radius 2 is 2.15 bits per heavy atom. The standard InChI is InChI=1S/C12H17N3O4.Li/c1-12(2,3)19-11(18)15-5-4-7-8(14-6-13-7)9(15)10(16)17;/h6,9H,4-5H2,1-3H3,(H,13,14)(H,16,17);/q;+1/p-1. The van der Waals surface area contributed by atoms with Crippen molar-refractivity contribution in [2.75, 3.05) is 6.54 Å². The summed E-state index contributed by atoms with van der Waals surface area (Å²) in [6.45, 7) is 5.43. The summed E-state index contributed by atoms with van der Waals surface area (Å²) in [4.78, 5) is 31.3. The van der Waals surface area contributed by atoms with E-state index in [4.69, 9.17) is 4.74 Å². The van der Waals surface area contributed by atoms with Crippen molar-refractivity contribution in [1.82, 2.24) is 14.9 Å². The number of hydrogen-bond donors (Lipinski definition) is 1. The molecule has 0 aromatic carbocycles. The molecule has 8 heteroatoms. The summed E-state index contributed by atoms with van der Waals surface area (Å²) in [5.74, 6) is -1.36. The third-order valence-corrected chi connectivity index (χ3v) is 2.78. The Kier molecular flexibility index (Phi) is 4.89. The number of carboxylic acids is 1. The molecule has 2 heterocycles. The molecule has 1 unspecified atom stereocenters. The Hall–Kier alpha value is -1.45. The number of imidazole rings is 1. The van der Waals surface area contributed by atoms with E-state index in [-0.39, 0.29) is 25.4 Å². The van der Waals surface area contributed by atoms with E-state index in [9.17, 15) is 14.7 Å². The first-order valence-electron chi connectivity index (χ1n) is 6.02. The maximum absolute atomic E-state index is 12.0. The van der Waals surface area contributed by atoms with Crippen molar-refractivity contribution in [3.05, 3.63) is 17.7 Å². The number of ether oxygens (including phenoxy) is 1. The zero-order chi connectivity index (χ0) is 14.2. The number of rotatable bonds is 1. The zero-order valence-electron chi connectivity index (χ0n) is 12.1. The van der Waals surface area contributed by atoms with Crippen LogP contribution in [0.4, 0.5) is 4.79 Å². The summed E-state index contributed by atoms with van der Waals surface area (Å²) < 4.78 is 5.21. The molecule has 1 aliphatic rings. The summed E-state index contributed by atoms with van der Waals surface area (Å²) in [6.07, 6.45) is 1.26. The Balaban J connectivity index is 0.00000200. The van der Waals surface area contributed by atoms with Gasteiger partial charge in [0.05, 0.1) is 18.0 Å². The molecule has 1 aliphatic heterocycles. The fourth-order valence-electron chi connectivity index (χ4n) is 2.03. The van der Waals surface area contributed by atoms with Crippen LogP contribution in [0.2, 0.25) is 0 Å². The van der Waals surface area contributed by atoms with Gasteiger partial charge in [-0.25, -0.2) is 9.78 Å². The van der Waals surface area contributed by atoms with E-state index in [1.807, 2.05) is 0 Å². The minimum absolute atomic E-state index is 0. The summed E-state index contributed by atoms with van der Waals surface area (Å²) >= 11 is 0. The number of carbonyl (C=O) groups excluding carboxylic acids is 2. The Bertz CT molecular complexity index is 509. The molecule has 0 aliphatic carbocycles. The second kappa shape index (κ2) is 5.90. The second-order valence-corrected chi connectivity index (χ2v) is 5.41. The number of aromatic amines is 1. The molecular formula is C12H16LiN3O4. The zero-order valence-corrected chi connectivity index (χ0v) is 12.1. The number of H-pyrrole nitrogens is 1. The second-order valence-electron chi connectivity index (χ2n) is 5.41. The van der Waals surface area contributed by atoms with E-state index in [1.54, 1.807) is 20.8 Å². The normalized spacial score (nSPS) is 17.9. The van der Waals surface area contributed by atoms with Gasteiger partial charge in [0.15, 0.2) is 0 Å². The molecular weight excluding hydrogens is 257 g/mol. The van der Waals surface area contributed by atoms with E-state index in [1.165, 1.54) is 6.33 Å². The van der Waals surface area contributed by atoms with Crippen LogP contribution >= 0.6 is 0 Å². The smallest absolute Gasteiger partial charge is 0.547 e. The molecule has 1 atom stereocenters. The number of aromatic nitrogens is 2. The predicted molar refractivity (Wildman–Crippen MR) is 63.0 cm³/mol. The van der Waals surface area contributed by atoms with Gasteiger partial charge in [0.2, 0.25) is 0 Å². The quantitative estimate of drug-likeness (QED) is 0.550. The third kappa shape index (κ3) is 3.35. The van der Waals surface area contributed by atoms with E-state index in [2.05, 4.69) is 9.97 Å². The Morgan fingerprint density at radius 3 is 2.70 bits per heavy atom. The van der Waals surface area contributed by atoms with Gasteiger partial charge in [0.25, 0.3) is 0 Å². The molecule has 0 saturated carbocycles. The van der Waals surface area contributed by atoms with Crippen LogP contribution in [-0.2, 0) is 16.0 Å². The summed E-state index contributed by atoms with van der Waals surface area (Å²) in [7, 11) is 0. The Labute approximate surface area is 128 Å². The number of carbonyl (C=O) groups is 2. The van der Waals surface area contributed by atoms with Crippen LogP contribution < -0.4 is 24.0 Å². The molecule has 0 fully saturated rings. The number of nitrogens with one attached hydrogen (secondary N) is 1. The van der Waals surface area contributed by atoms with Gasteiger partial charge in [-0.3, -0.25) is 4.90 Å². The van der Waals surface area contributed by atoms with Crippen LogP contribution in [-0.4, -0.2) is 39.1 Å². The molecule has 1 N–H and O–H groups in total. The van der Waals surface area contributed by atoms with Crippen LogP contribution in [0.25, 0.3) is 0 Å². The molecule has 20 heavy (non-hydrogen) atoms. The van der Waals surface area contributed by atoms with E-state index in [0.717, 1.165) is 4.90 Å². The molecule has 7 nitrogen and oxygen atoms in total. The molecule has 0 radical (unpaired) electrons. The maximum atomic E-state index is 12.0. The molecule has 0 bridgehead atoms. The van der Waals surface area contributed by atoms with Crippen molar-refractivity contribution in [3.8, 4) is 0 Å². The van der Waals surface area contributed by atoms with Crippen LogP contribution in [0.1, 0.15) is 38.2 Å². The number of amides is 1. The molecule has 1 amide bonds. The van der Waals surface area contributed by atoms with Crippen molar-refractivity contribution in [2.45, 2.75) is 38.8 Å². The van der Waals surface area contributed by atoms with Gasteiger partial charge in [-0.15, -0.1) is 0 Å². The molecule has 0 spiro atoms. The van der Waals surface area contributed by atoms with E-state index in [0.29, 0.717) is 17.8 Å². The topological polar surface area (TPSA) is 98.3 Å². The SMILES string of the molecule is CC(C)(C)OC(=O)N1CCc2[nH]cnc2C1C(=O)[O-].[Li+]. The molecule has 104 valence electrons. The van der Waals surface area contributed by atoms with Crippen molar-refractivity contribution >= 4 is 12.1 Å². The van der Waals surface area contributed by atoms with Crippen LogP contribution in [0.5, 0.6) is 0 Å². The first-order chi connectivity index (χ1) is 8.79. The summed E-state index contributed by atoms with van der Waals surface area (Å²) in [5.41, 5.74) is 0.352. The maximum Gasteiger partial charge on any atom is 1.00 e. The first-order valence-corrected chi connectivity index (χ1v) is 6.02. The monoisotopic (exact) mass is 273 g/mol. The molecule has 1 aromatic heterocycles. The van der Waals surface area contributed by atoms with Crippen molar-refractivity contribution in [3.63, 3.8) is 0 Å². The first kappa shape index (κ1) is 16.6. The number of fused-ring (bicyclic) bond motifs is 1. The van der Waals surface area contributed by atoms with Crippen LogP contribution in [0.3, 0.4) is 0 Å². The van der Waals surface area contributed by atoms with Crippen molar-refractivity contribution in [1.29, 1.82) is 0 Å². The fraction of sp³-hybridized carbons (Fsp3) is 0.583. The number of aliphatic carboxylic acids is 1. The van der Waals surface area contributed by atoms with E-state index >= 15 is 0 Å². The summed E-state index contributed by atoms with van der Waals surface area (Å²) in [6, 6.07) is -1.20. The predicted octanol–water partition coefficient (Wildman–Crippen LogP) is -3.00. The van der Waals surface area contributed by atoms with Gasteiger partial charge in [0, 0.05) is 18.7 Å². The average molecular weight is 273 g/mol. The van der Waals surface area contributed by atoms with Gasteiger partial charge in [-0.2, -0.15) is 0 Å². The van der Waals surface area contributed by atoms with E-state index < -0.39 is 23.7 Å². The summed E-state index contributed by atoms with van der Waals surface area (Å²) in [5, 5.41) is 11.3. The molecule has 1 aromatic rings. The minimum Gasteiger partial charge on any atom is -0.547 e. The largest absolute Gasteiger partial charge is 1.00 e. The number of nitrogens with zero attached hydrogens (tertiary/aromatic N) is 2. The van der Waals surface area contributed by atoms with Gasteiger partial charge >= 0.3 is 25.0 Å². The van der Waals surface area contributed by atoms with Gasteiger partial charge in [-0.1, -0.05) is 0 Å². The average Bonchev–Trinajstić information content (AvgIpc) is 2.72. The third-order valence-electron chi connectivity index (χ3n) is 2.78. The van der Waals surface area contributed by atoms with Gasteiger partial charge < -0.3 is 19.6 Å². The fourth-order valence-corrected chi connectivity index (χ4v) is 2.03. The number of hydrogen-bond acceptors (Lipinski definition) is 5. The van der Waals surface area contributed by atoms with Gasteiger partial charge in [-0.05, 0) is 20.8 Å². The molecule has 0 saturated heterocycles. The Morgan fingerprint density at radius 1 is 1.50 bits per heavy atom. The minimum atomic E-state index is -1.36. The van der Waals surface area contributed by atoms with Crippen LogP contribution in [0, 0.1) is 0 Å². The number of carboxylic acid groups (broad SMARTS) is 1.